The van der Waals surface area contributed by atoms with Gasteiger partial charge in [-0.1, -0.05) is 0 Å². The van der Waals surface area contributed by atoms with Crippen molar-refractivity contribution in [1.29, 1.82) is 0 Å². The lowest BCUT2D eigenvalue weighted by Gasteiger charge is -2.32. The topological polar surface area (TPSA) is 24.5 Å². The molecule has 0 aromatic carbocycles. The average molecular weight is 202 g/mol. The van der Waals surface area contributed by atoms with E-state index in [1.54, 1.807) is 0 Å². The van der Waals surface area contributed by atoms with Gasteiger partial charge in [-0.25, -0.2) is 0 Å². The van der Waals surface area contributed by atoms with Crippen molar-refractivity contribution in [2.75, 3.05) is 45.1 Å². The third-order valence-corrected chi connectivity index (χ3v) is 3.86. The first-order chi connectivity index (χ1) is 6.47. The van der Waals surface area contributed by atoms with Gasteiger partial charge in [0.15, 0.2) is 0 Å². The molecule has 13 heavy (non-hydrogen) atoms. The van der Waals surface area contributed by atoms with Gasteiger partial charge < -0.3 is 10.1 Å². The van der Waals surface area contributed by atoms with Crippen molar-refractivity contribution in [3.8, 4) is 0 Å². The van der Waals surface area contributed by atoms with E-state index in [4.69, 9.17) is 4.74 Å². The SMILES string of the molecule is C1COCCN(C2CNCCS2)C1. The highest BCUT2D eigenvalue weighted by atomic mass is 32.2. The third kappa shape index (κ3) is 2.84. The maximum Gasteiger partial charge on any atom is 0.0684 e. The Morgan fingerprint density at radius 2 is 2.31 bits per heavy atom. The zero-order chi connectivity index (χ0) is 8.93. The smallest absolute Gasteiger partial charge is 0.0684 e. The highest BCUT2D eigenvalue weighted by molar-refractivity contribution is 7.99. The van der Waals surface area contributed by atoms with Crippen LogP contribution in [0.5, 0.6) is 0 Å². The van der Waals surface area contributed by atoms with E-state index in [-0.39, 0.29) is 0 Å². The summed E-state index contributed by atoms with van der Waals surface area (Å²) in [4.78, 5) is 2.56. The number of hydrogen-bond donors (Lipinski definition) is 1. The van der Waals surface area contributed by atoms with E-state index in [1.165, 1.54) is 25.3 Å². The molecule has 3 nitrogen and oxygen atoms in total. The zero-order valence-corrected chi connectivity index (χ0v) is 8.81. The largest absolute Gasteiger partial charge is 0.380 e. The number of nitrogens with one attached hydrogen (secondary N) is 1. The predicted octanol–water partition coefficient (Wildman–Crippen LogP) is 0.371. The molecule has 1 N–H and O–H groups in total. The van der Waals surface area contributed by atoms with Crippen LogP contribution in [0.1, 0.15) is 6.42 Å². The Kier molecular flexibility index (Phi) is 3.91. The molecule has 1 unspecified atom stereocenters. The van der Waals surface area contributed by atoms with Gasteiger partial charge in [0.25, 0.3) is 0 Å². The fourth-order valence-electron chi connectivity index (χ4n) is 1.84. The lowest BCUT2D eigenvalue weighted by atomic mass is 10.4. The minimum absolute atomic E-state index is 0.690. The summed E-state index contributed by atoms with van der Waals surface area (Å²) in [7, 11) is 0. The molecular weight excluding hydrogens is 184 g/mol. The molecule has 76 valence electrons. The summed E-state index contributed by atoms with van der Waals surface area (Å²) in [6, 6.07) is 0. The van der Waals surface area contributed by atoms with Crippen LogP contribution in [0.15, 0.2) is 0 Å². The Labute approximate surface area is 84.2 Å². The second kappa shape index (κ2) is 5.20. The maximum atomic E-state index is 5.44. The van der Waals surface area contributed by atoms with Crippen LogP contribution in [0, 0.1) is 0 Å². The number of thioether (sulfide) groups is 1. The molecule has 0 aromatic rings. The maximum absolute atomic E-state index is 5.44. The Morgan fingerprint density at radius 3 is 3.15 bits per heavy atom. The molecule has 0 spiro atoms. The molecule has 0 radical (unpaired) electrons. The van der Waals surface area contributed by atoms with Gasteiger partial charge in [0.1, 0.15) is 0 Å². The Morgan fingerprint density at radius 1 is 1.31 bits per heavy atom. The summed E-state index contributed by atoms with van der Waals surface area (Å²) in [5.74, 6) is 1.25. The summed E-state index contributed by atoms with van der Waals surface area (Å²) < 4.78 is 5.44. The van der Waals surface area contributed by atoms with Crippen molar-refractivity contribution < 1.29 is 4.74 Å². The normalized spacial score (nSPS) is 32.8. The lowest BCUT2D eigenvalue weighted by molar-refractivity contribution is 0.139. The van der Waals surface area contributed by atoms with Crippen LogP contribution < -0.4 is 5.32 Å². The van der Waals surface area contributed by atoms with Crippen LogP contribution in [-0.4, -0.2) is 55.4 Å². The van der Waals surface area contributed by atoms with Crippen LogP contribution in [0.2, 0.25) is 0 Å². The van der Waals surface area contributed by atoms with E-state index in [2.05, 4.69) is 22.0 Å². The molecule has 2 heterocycles. The molecule has 0 saturated carbocycles. The van der Waals surface area contributed by atoms with Crippen molar-refractivity contribution in [3.63, 3.8) is 0 Å². The average Bonchev–Trinajstić information content (AvgIpc) is 2.47. The Hall–Kier alpha value is 0.230. The second-order valence-corrected chi connectivity index (χ2v) is 4.82. The number of nitrogens with zero attached hydrogens (tertiary/aromatic N) is 1. The Balaban J connectivity index is 1.82. The van der Waals surface area contributed by atoms with Crippen molar-refractivity contribution in [3.05, 3.63) is 0 Å². The summed E-state index contributed by atoms with van der Waals surface area (Å²) >= 11 is 2.09. The summed E-state index contributed by atoms with van der Waals surface area (Å²) in [6.07, 6.45) is 1.19. The molecule has 0 aromatic heterocycles. The van der Waals surface area contributed by atoms with E-state index in [0.29, 0.717) is 5.37 Å². The van der Waals surface area contributed by atoms with Gasteiger partial charge in [-0.2, -0.15) is 0 Å². The first-order valence-corrected chi connectivity index (χ1v) is 6.16. The molecule has 2 rings (SSSR count). The highest BCUT2D eigenvalue weighted by Gasteiger charge is 2.21. The zero-order valence-electron chi connectivity index (χ0n) is 8.00. The highest BCUT2D eigenvalue weighted by Crippen LogP contribution is 2.18. The van der Waals surface area contributed by atoms with Crippen LogP contribution >= 0.6 is 11.8 Å². The Bertz CT molecular complexity index is 143. The predicted molar refractivity (Wildman–Crippen MR) is 56.1 cm³/mol. The van der Waals surface area contributed by atoms with Crippen molar-refractivity contribution in [1.82, 2.24) is 10.2 Å². The fourth-order valence-corrected chi connectivity index (χ4v) is 3.03. The van der Waals surface area contributed by atoms with Gasteiger partial charge in [0, 0.05) is 38.5 Å². The summed E-state index contributed by atoms with van der Waals surface area (Å²) in [5, 5.41) is 4.14. The van der Waals surface area contributed by atoms with E-state index in [9.17, 15) is 0 Å². The number of rotatable bonds is 1. The quantitative estimate of drug-likeness (QED) is 0.664. The molecule has 1 atom stereocenters. The van der Waals surface area contributed by atoms with Gasteiger partial charge in [0.05, 0.1) is 12.0 Å². The molecule has 2 fully saturated rings. The van der Waals surface area contributed by atoms with E-state index in [0.717, 1.165) is 26.3 Å². The lowest BCUT2D eigenvalue weighted by Crippen LogP contribution is -2.45. The molecule has 2 aliphatic rings. The monoisotopic (exact) mass is 202 g/mol. The van der Waals surface area contributed by atoms with E-state index >= 15 is 0 Å². The first-order valence-electron chi connectivity index (χ1n) is 5.11. The molecule has 0 bridgehead atoms. The van der Waals surface area contributed by atoms with Crippen molar-refractivity contribution in [2.24, 2.45) is 0 Å². The molecular formula is C9H18N2OS. The van der Waals surface area contributed by atoms with Crippen molar-refractivity contribution in [2.45, 2.75) is 11.8 Å². The minimum Gasteiger partial charge on any atom is -0.380 e. The standard InChI is InChI=1S/C9H18N2OS/c1-3-11(4-6-12-5-1)9-8-10-2-7-13-9/h9-10H,1-8H2. The molecule has 4 heteroatoms. The van der Waals surface area contributed by atoms with Gasteiger partial charge in [0.2, 0.25) is 0 Å². The molecule has 2 saturated heterocycles. The summed E-state index contributed by atoms with van der Waals surface area (Å²) in [5.41, 5.74) is 0. The van der Waals surface area contributed by atoms with Crippen LogP contribution in [-0.2, 0) is 4.74 Å². The minimum atomic E-state index is 0.690. The number of hydrogen-bond acceptors (Lipinski definition) is 4. The van der Waals surface area contributed by atoms with Gasteiger partial charge in [-0.05, 0) is 6.42 Å². The third-order valence-electron chi connectivity index (χ3n) is 2.57. The van der Waals surface area contributed by atoms with Crippen LogP contribution in [0.4, 0.5) is 0 Å². The number of ether oxygens (including phenoxy) is 1. The van der Waals surface area contributed by atoms with Gasteiger partial charge in [-0.15, -0.1) is 11.8 Å². The van der Waals surface area contributed by atoms with Crippen LogP contribution in [0.3, 0.4) is 0 Å². The molecule has 0 aliphatic carbocycles. The van der Waals surface area contributed by atoms with Gasteiger partial charge >= 0.3 is 0 Å². The van der Waals surface area contributed by atoms with Crippen LogP contribution in [0.25, 0.3) is 0 Å². The molecule has 2 aliphatic heterocycles. The van der Waals surface area contributed by atoms with Crippen molar-refractivity contribution >= 4 is 11.8 Å². The van der Waals surface area contributed by atoms with E-state index < -0.39 is 0 Å². The van der Waals surface area contributed by atoms with Gasteiger partial charge in [-0.3, -0.25) is 4.90 Å². The summed E-state index contributed by atoms with van der Waals surface area (Å²) in [6.45, 7) is 6.49. The fraction of sp³-hybridized carbons (Fsp3) is 1.00. The van der Waals surface area contributed by atoms with E-state index in [1.807, 2.05) is 0 Å². The molecule has 0 amide bonds. The second-order valence-electron chi connectivity index (χ2n) is 3.53. The first kappa shape index (κ1) is 9.77.